The highest BCUT2D eigenvalue weighted by atomic mass is 16.5. The number of carbonyl (C=O) groups excluding carboxylic acids is 1. The first-order valence-electron chi connectivity index (χ1n) is 4.96. The number of rotatable bonds is 6. The number of hydrogen-bond donors (Lipinski definition) is 3. The third-order valence-corrected chi connectivity index (χ3v) is 1.98. The van der Waals surface area contributed by atoms with Gasteiger partial charge in [0.15, 0.2) is 0 Å². The lowest BCUT2D eigenvalue weighted by molar-refractivity contribution is -0.140. The van der Waals surface area contributed by atoms with E-state index in [2.05, 4.69) is 20.0 Å². The zero-order chi connectivity index (χ0) is 13.7. The average molecular weight is 257 g/mol. The Morgan fingerprint density at radius 2 is 2.06 bits per heavy atom. The summed E-state index contributed by atoms with van der Waals surface area (Å²) in [4.78, 5) is 36.3. The van der Waals surface area contributed by atoms with Gasteiger partial charge in [-0.3, -0.25) is 9.59 Å². The number of nitrogens with zero attached hydrogens (tertiary/aromatic N) is 2. The van der Waals surface area contributed by atoms with Gasteiger partial charge >= 0.3 is 11.9 Å². The Kier molecular flexibility index (Phi) is 4.35. The van der Waals surface area contributed by atoms with E-state index in [4.69, 9.17) is 10.2 Å². The Hall–Kier alpha value is -2.45. The number of carboxylic acids is 2. The molecule has 0 fully saturated rings. The van der Waals surface area contributed by atoms with Crippen molar-refractivity contribution >= 4 is 17.8 Å². The molecule has 1 amide bonds. The predicted molar refractivity (Wildman–Crippen MR) is 54.8 cm³/mol. The summed E-state index contributed by atoms with van der Waals surface area (Å²) in [5, 5.41) is 22.7. The van der Waals surface area contributed by atoms with E-state index >= 15 is 0 Å². The molecule has 1 atom stereocenters. The zero-order valence-corrected chi connectivity index (χ0v) is 9.41. The minimum Gasteiger partial charge on any atom is -0.481 e. The van der Waals surface area contributed by atoms with Crippen molar-refractivity contribution in [3.63, 3.8) is 0 Å². The van der Waals surface area contributed by atoms with Gasteiger partial charge in [0.2, 0.25) is 5.89 Å². The summed E-state index contributed by atoms with van der Waals surface area (Å²) in [5.41, 5.74) is 0. The molecule has 0 saturated carbocycles. The van der Waals surface area contributed by atoms with Crippen LogP contribution in [0.4, 0.5) is 0 Å². The quantitative estimate of drug-likeness (QED) is 0.614. The zero-order valence-electron chi connectivity index (χ0n) is 9.41. The molecule has 3 N–H and O–H groups in total. The molecule has 0 saturated heterocycles. The Morgan fingerprint density at radius 1 is 1.39 bits per heavy atom. The van der Waals surface area contributed by atoms with E-state index in [9.17, 15) is 14.4 Å². The number of aryl methyl sites for hydroxylation is 1. The van der Waals surface area contributed by atoms with Crippen molar-refractivity contribution in [3.8, 4) is 0 Å². The van der Waals surface area contributed by atoms with Crippen molar-refractivity contribution in [1.29, 1.82) is 0 Å². The summed E-state index contributed by atoms with van der Waals surface area (Å²) in [6.45, 7) is 1.48. The molecule has 1 aromatic heterocycles. The van der Waals surface area contributed by atoms with Gasteiger partial charge in [0.05, 0.1) is 0 Å². The molecule has 0 bridgehead atoms. The average Bonchev–Trinajstić information content (AvgIpc) is 2.70. The van der Waals surface area contributed by atoms with Crippen molar-refractivity contribution in [2.75, 3.05) is 0 Å². The Balaban J connectivity index is 2.63. The predicted octanol–water partition coefficient (Wildman–Crippen LogP) is -0.574. The fourth-order valence-electron chi connectivity index (χ4n) is 1.14. The summed E-state index contributed by atoms with van der Waals surface area (Å²) in [6, 6.07) is -1.31. The summed E-state index contributed by atoms with van der Waals surface area (Å²) >= 11 is 0. The highest BCUT2D eigenvalue weighted by molar-refractivity contribution is 5.93. The van der Waals surface area contributed by atoms with E-state index < -0.39 is 23.9 Å². The minimum absolute atomic E-state index is 0.164. The number of carbonyl (C=O) groups is 3. The Bertz CT molecular complexity index is 469. The molecular weight excluding hydrogens is 246 g/mol. The van der Waals surface area contributed by atoms with Gasteiger partial charge in [-0.15, -0.1) is 0 Å². The van der Waals surface area contributed by atoms with Crippen LogP contribution in [0, 0.1) is 6.92 Å². The topological polar surface area (TPSA) is 143 Å². The van der Waals surface area contributed by atoms with Gasteiger partial charge in [0.25, 0.3) is 11.7 Å². The van der Waals surface area contributed by atoms with Crippen LogP contribution in [0.2, 0.25) is 0 Å². The van der Waals surface area contributed by atoms with E-state index in [-0.39, 0.29) is 24.6 Å². The molecule has 9 nitrogen and oxygen atoms in total. The maximum Gasteiger partial charge on any atom is 0.326 e. The van der Waals surface area contributed by atoms with E-state index in [0.717, 1.165) is 0 Å². The third kappa shape index (κ3) is 3.85. The number of aliphatic carboxylic acids is 2. The van der Waals surface area contributed by atoms with Crippen LogP contribution in [0.1, 0.15) is 29.4 Å². The van der Waals surface area contributed by atoms with Crippen LogP contribution in [0.15, 0.2) is 4.52 Å². The second-order valence-corrected chi connectivity index (χ2v) is 3.43. The van der Waals surface area contributed by atoms with Crippen LogP contribution in [0.3, 0.4) is 0 Å². The molecule has 0 aliphatic heterocycles. The van der Waals surface area contributed by atoms with E-state index in [1.54, 1.807) is 0 Å². The second kappa shape index (κ2) is 5.75. The molecule has 9 heteroatoms. The molecule has 0 radical (unpaired) electrons. The molecule has 0 aliphatic rings. The van der Waals surface area contributed by atoms with Gasteiger partial charge in [-0.25, -0.2) is 4.79 Å². The molecule has 1 rings (SSSR count). The summed E-state index contributed by atoms with van der Waals surface area (Å²) in [7, 11) is 0. The molecule has 0 spiro atoms. The first-order valence-corrected chi connectivity index (χ1v) is 4.96. The van der Waals surface area contributed by atoms with Crippen LogP contribution >= 0.6 is 0 Å². The maximum absolute atomic E-state index is 11.5. The third-order valence-electron chi connectivity index (χ3n) is 1.98. The fourth-order valence-corrected chi connectivity index (χ4v) is 1.14. The Labute approximate surface area is 101 Å². The van der Waals surface area contributed by atoms with Crippen molar-refractivity contribution in [2.45, 2.75) is 25.8 Å². The largest absolute Gasteiger partial charge is 0.481 e. The first kappa shape index (κ1) is 13.6. The van der Waals surface area contributed by atoms with Gasteiger partial charge in [-0.1, -0.05) is 5.16 Å². The lowest BCUT2D eigenvalue weighted by Gasteiger charge is -2.11. The van der Waals surface area contributed by atoms with Crippen LogP contribution in [0.25, 0.3) is 0 Å². The van der Waals surface area contributed by atoms with E-state index in [0.29, 0.717) is 0 Å². The van der Waals surface area contributed by atoms with Crippen molar-refractivity contribution in [2.24, 2.45) is 0 Å². The second-order valence-electron chi connectivity index (χ2n) is 3.43. The molecule has 1 aromatic rings. The maximum atomic E-state index is 11.5. The fraction of sp³-hybridized carbons (Fsp3) is 0.444. The monoisotopic (exact) mass is 257 g/mol. The molecule has 0 aromatic carbocycles. The Morgan fingerprint density at radius 3 is 2.50 bits per heavy atom. The summed E-state index contributed by atoms with van der Waals surface area (Å²) < 4.78 is 4.56. The van der Waals surface area contributed by atoms with Crippen LogP contribution in [0.5, 0.6) is 0 Å². The standard InChI is InChI=1S/C9H11N3O6/c1-4-10-7(12-18-4)8(15)11-5(9(16)17)2-3-6(13)14/h5H,2-3H2,1H3,(H,11,15)(H,13,14)(H,16,17)/t5-/m0/s1. The van der Waals surface area contributed by atoms with Crippen LogP contribution in [-0.2, 0) is 9.59 Å². The normalized spacial score (nSPS) is 11.8. The van der Waals surface area contributed by atoms with Crippen molar-refractivity contribution < 1.29 is 29.1 Å². The number of nitrogens with one attached hydrogen (secondary N) is 1. The van der Waals surface area contributed by atoms with Gasteiger partial charge in [0.1, 0.15) is 6.04 Å². The number of aromatic nitrogens is 2. The van der Waals surface area contributed by atoms with Gasteiger partial charge < -0.3 is 20.1 Å². The smallest absolute Gasteiger partial charge is 0.326 e. The lowest BCUT2D eigenvalue weighted by atomic mass is 10.1. The number of carboxylic acid groups (broad SMARTS) is 2. The van der Waals surface area contributed by atoms with Gasteiger partial charge in [-0.2, -0.15) is 4.98 Å². The van der Waals surface area contributed by atoms with Gasteiger partial charge in [-0.05, 0) is 6.42 Å². The summed E-state index contributed by atoms with van der Waals surface area (Å²) in [5.74, 6) is -3.44. The highest BCUT2D eigenvalue weighted by Gasteiger charge is 2.23. The molecular formula is C9H11N3O6. The van der Waals surface area contributed by atoms with Crippen LogP contribution < -0.4 is 5.32 Å². The van der Waals surface area contributed by atoms with Gasteiger partial charge in [0, 0.05) is 13.3 Å². The molecule has 18 heavy (non-hydrogen) atoms. The number of hydrogen-bond acceptors (Lipinski definition) is 6. The van der Waals surface area contributed by atoms with E-state index in [1.807, 2.05) is 0 Å². The van der Waals surface area contributed by atoms with Crippen molar-refractivity contribution in [1.82, 2.24) is 15.5 Å². The molecule has 0 unspecified atom stereocenters. The van der Waals surface area contributed by atoms with Crippen molar-refractivity contribution in [3.05, 3.63) is 11.7 Å². The summed E-state index contributed by atoms with van der Waals surface area (Å²) in [6.07, 6.45) is -0.601. The molecule has 0 aliphatic carbocycles. The SMILES string of the molecule is Cc1nc(C(=O)N[C@@H](CCC(=O)O)C(=O)O)no1. The molecule has 98 valence electrons. The molecule has 1 heterocycles. The minimum atomic E-state index is -1.33. The van der Waals surface area contributed by atoms with Crippen LogP contribution in [-0.4, -0.2) is 44.2 Å². The highest BCUT2D eigenvalue weighted by Crippen LogP contribution is 2.01. The number of amides is 1. The lowest BCUT2D eigenvalue weighted by Crippen LogP contribution is -2.41. The first-order chi connectivity index (χ1) is 8.40. The van der Waals surface area contributed by atoms with E-state index in [1.165, 1.54) is 6.92 Å².